The fourth-order valence-electron chi connectivity index (χ4n) is 2.29. The number of hydrogen-bond donors (Lipinski definition) is 2. The smallest absolute Gasteiger partial charge is 0.0907 e. The number of thiazole rings is 1. The highest BCUT2D eigenvalue weighted by Crippen LogP contribution is 2.30. The van der Waals surface area contributed by atoms with E-state index in [4.69, 9.17) is 5.73 Å². The predicted molar refractivity (Wildman–Crippen MR) is 81.5 cm³/mol. The van der Waals surface area contributed by atoms with Crippen LogP contribution in [0, 0.1) is 6.92 Å². The van der Waals surface area contributed by atoms with E-state index in [1.807, 2.05) is 19.1 Å². The molecule has 0 atom stereocenters. The number of hydrazine groups is 1. The van der Waals surface area contributed by atoms with Crippen molar-refractivity contribution in [1.29, 1.82) is 0 Å². The SMILES string of the molecule is Cc1nc2cc(NN3CCN(C)CC3)c(N)cc2s1. The molecule has 5 nitrogen and oxygen atoms in total. The van der Waals surface area contributed by atoms with Gasteiger partial charge in [-0.1, -0.05) is 0 Å². The fourth-order valence-corrected chi connectivity index (χ4v) is 3.15. The van der Waals surface area contributed by atoms with Crippen molar-refractivity contribution in [3.05, 3.63) is 17.1 Å². The van der Waals surface area contributed by atoms with Crippen molar-refractivity contribution < 1.29 is 0 Å². The summed E-state index contributed by atoms with van der Waals surface area (Å²) in [6.45, 7) is 6.18. The summed E-state index contributed by atoms with van der Waals surface area (Å²) in [6.07, 6.45) is 0. The normalized spacial score (nSPS) is 18.0. The van der Waals surface area contributed by atoms with Gasteiger partial charge in [-0.05, 0) is 26.1 Å². The molecule has 3 N–H and O–H groups in total. The zero-order valence-electron chi connectivity index (χ0n) is 11.3. The molecule has 1 aliphatic rings. The van der Waals surface area contributed by atoms with Crippen LogP contribution in [0.4, 0.5) is 11.4 Å². The third-order valence-corrected chi connectivity index (χ3v) is 4.38. The Bertz CT molecular complexity index is 586. The summed E-state index contributed by atoms with van der Waals surface area (Å²) in [5.74, 6) is 0. The molecule has 0 unspecified atom stereocenters. The molecular formula is C13H19N5S. The molecule has 1 aromatic carbocycles. The quantitative estimate of drug-likeness (QED) is 0.819. The van der Waals surface area contributed by atoms with Crippen molar-refractivity contribution >= 4 is 32.9 Å². The van der Waals surface area contributed by atoms with Gasteiger partial charge in [-0.25, -0.2) is 9.99 Å². The van der Waals surface area contributed by atoms with E-state index in [0.717, 1.165) is 52.8 Å². The van der Waals surface area contributed by atoms with Crippen molar-refractivity contribution in [2.75, 3.05) is 44.4 Å². The highest BCUT2D eigenvalue weighted by atomic mass is 32.1. The molecule has 1 aliphatic heterocycles. The maximum absolute atomic E-state index is 6.12. The lowest BCUT2D eigenvalue weighted by Crippen LogP contribution is -2.47. The number of fused-ring (bicyclic) bond motifs is 1. The molecule has 0 radical (unpaired) electrons. The van der Waals surface area contributed by atoms with Crippen molar-refractivity contribution in [3.8, 4) is 0 Å². The van der Waals surface area contributed by atoms with E-state index in [9.17, 15) is 0 Å². The van der Waals surface area contributed by atoms with Crippen molar-refractivity contribution in [2.45, 2.75) is 6.92 Å². The van der Waals surface area contributed by atoms with Crippen LogP contribution >= 0.6 is 11.3 Å². The lowest BCUT2D eigenvalue weighted by molar-refractivity contribution is 0.179. The molecule has 102 valence electrons. The van der Waals surface area contributed by atoms with Gasteiger partial charge < -0.3 is 16.1 Å². The molecule has 1 aromatic heterocycles. The zero-order chi connectivity index (χ0) is 13.4. The molecule has 1 saturated heterocycles. The first-order chi connectivity index (χ1) is 9.11. The number of piperazine rings is 1. The van der Waals surface area contributed by atoms with Gasteiger partial charge >= 0.3 is 0 Å². The first-order valence-corrected chi connectivity index (χ1v) is 7.30. The third-order valence-electron chi connectivity index (χ3n) is 3.45. The maximum atomic E-state index is 6.12. The van der Waals surface area contributed by atoms with Crippen LogP contribution < -0.4 is 11.2 Å². The van der Waals surface area contributed by atoms with Gasteiger partial charge in [0, 0.05) is 26.2 Å². The van der Waals surface area contributed by atoms with Gasteiger partial charge in [0.15, 0.2) is 0 Å². The van der Waals surface area contributed by atoms with Crippen LogP contribution in [-0.4, -0.2) is 48.1 Å². The second-order valence-corrected chi connectivity index (χ2v) is 6.28. The topological polar surface area (TPSA) is 57.4 Å². The molecule has 3 rings (SSSR count). The maximum Gasteiger partial charge on any atom is 0.0907 e. The minimum Gasteiger partial charge on any atom is -0.397 e. The summed E-state index contributed by atoms with van der Waals surface area (Å²) in [4.78, 5) is 6.84. The van der Waals surface area contributed by atoms with Crippen molar-refractivity contribution in [3.63, 3.8) is 0 Å². The number of nitrogens with zero attached hydrogens (tertiary/aromatic N) is 3. The summed E-state index contributed by atoms with van der Waals surface area (Å²) >= 11 is 1.68. The largest absolute Gasteiger partial charge is 0.397 e. The highest BCUT2D eigenvalue weighted by molar-refractivity contribution is 7.18. The summed E-state index contributed by atoms with van der Waals surface area (Å²) < 4.78 is 1.15. The van der Waals surface area contributed by atoms with Gasteiger partial charge in [-0.2, -0.15) is 0 Å². The zero-order valence-corrected chi connectivity index (χ0v) is 12.1. The Morgan fingerprint density at radius 2 is 2.00 bits per heavy atom. The molecule has 0 bridgehead atoms. The standard InChI is InChI=1S/C13H19N5S/c1-9-15-12-8-11(10(14)7-13(12)19-9)16-18-5-3-17(2)4-6-18/h7-8,16H,3-6,14H2,1-2H3. The summed E-state index contributed by atoms with van der Waals surface area (Å²) in [5, 5.41) is 3.29. The average Bonchev–Trinajstić information content (AvgIpc) is 2.72. The number of nitrogens with two attached hydrogens (primary N) is 1. The third kappa shape index (κ3) is 2.65. The van der Waals surface area contributed by atoms with Crippen LogP contribution in [0.15, 0.2) is 12.1 Å². The second-order valence-electron chi connectivity index (χ2n) is 5.04. The Morgan fingerprint density at radius 3 is 2.74 bits per heavy atom. The monoisotopic (exact) mass is 277 g/mol. The Hall–Kier alpha value is -1.37. The molecule has 0 saturated carbocycles. The van der Waals surface area contributed by atoms with E-state index >= 15 is 0 Å². The summed E-state index contributed by atoms with van der Waals surface area (Å²) in [7, 11) is 2.15. The first-order valence-electron chi connectivity index (χ1n) is 6.48. The minimum atomic E-state index is 0.787. The Kier molecular flexibility index (Phi) is 3.30. The Morgan fingerprint density at radius 1 is 1.26 bits per heavy atom. The van der Waals surface area contributed by atoms with E-state index in [1.54, 1.807) is 11.3 Å². The molecule has 2 aromatic rings. The molecule has 0 amide bonds. The van der Waals surface area contributed by atoms with Gasteiger partial charge in [0.25, 0.3) is 0 Å². The Balaban J connectivity index is 1.82. The molecule has 2 heterocycles. The van der Waals surface area contributed by atoms with Crippen molar-refractivity contribution in [1.82, 2.24) is 14.9 Å². The van der Waals surface area contributed by atoms with Crippen LogP contribution in [0.2, 0.25) is 0 Å². The van der Waals surface area contributed by atoms with Gasteiger partial charge in [-0.15, -0.1) is 11.3 Å². The average molecular weight is 277 g/mol. The number of likely N-dealkylation sites (N-methyl/N-ethyl adjacent to an activating group) is 1. The molecule has 1 fully saturated rings. The first kappa shape index (κ1) is 12.7. The summed E-state index contributed by atoms with van der Waals surface area (Å²) in [6, 6.07) is 4.06. The fraction of sp³-hybridized carbons (Fsp3) is 0.462. The van der Waals surface area contributed by atoms with E-state index in [-0.39, 0.29) is 0 Å². The number of aryl methyl sites for hydroxylation is 1. The number of nitrogens with one attached hydrogen (secondary N) is 1. The number of anilines is 2. The number of nitrogen functional groups attached to an aromatic ring is 1. The van der Waals surface area contributed by atoms with Crippen LogP contribution in [0.5, 0.6) is 0 Å². The number of aromatic nitrogens is 1. The minimum absolute atomic E-state index is 0.787. The van der Waals surface area contributed by atoms with Crippen LogP contribution in [0.1, 0.15) is 5.01 Å². The van der Waals surface area contributed by atoms with E-state index in [1.165, 1.54) is 0 Å². The van der Waals surface area contributed by atoms with Gasteiger partial charge in [0.05, 0.1) is 26.6 Å². The van der Waals surface area contributed by atoms with Gasteiger partial charge in [-0.3, -0.25) is 0 Å². The molecule has 6 heteroatoms. The molecule has 0 aliphatic carbocycles. The van der Waals surface area contributed by atoms with Crippen LogP contribution in [-0.2, 0) is 0 Å². The lowest BCUT2D eigenvalue weighted by atomic mass is 10.2. The number of hydrogen-bond acceptors (Lipinski definition) is 6. The summed E-state index contributed by atoms with van der Waals surface area (Å²) in [5.41, 5.74) is 12.3. The molecular weight excluding hydrogens is 258 g/mol. The lowest BCUT2D eigenvalue weighted by Gasteiger charge is -2.33. The van der Waals surface area contributed by atoms with E-state index in [2.05, 4.69) is 27.4 Å². The van der Waals surface area contributed by atoms with E-state index in [0.29, 0.717) is 0 Å². The highest BCUT2D eigenvalue weighted by Gasteiger charge is 2.15. The molecule has 19 heavy (non-hydrogen) atoms. The second kappa shape index (κ2) is 4.96. The Labute approximate surface area is 117 Å². The van der Waals surface area contributed by atoms with Gasteiger partial charge in [0.1, 0.15) is 0 Å². The van der Waals surface area contributed by atoms with E-state index < -0.39 is 0 Å². The van der Waals surface area contributed by atoms with Crippen LogP contribution in [0.3, 0.4) is 0 Å². The van der Waals surface area contributed by atoms with Crippen LogP contribution in [0.25, 0.3) is 10.2 Å². The van der Waals surface area contributed by atoms with Crippen molar-refractivity contribution in [2.24, 2.45) is 0 Å². The molecule has 0 spiro atoms. The number of rotatable bonds is 2. The number of benzene rings is 1. The van der Waals surface area contributed by atoms with Gasteiger partial charge in [0.2, 0.25) is 0 Å². The predicted octanol–water partition coefficient (Wildman–Crippen LogP) is 1.76.